The molecule has 8 rings (SSSR count). The second kappa shape index (κ2) is 17.0. The van der Waals surface area contributed by atoms with Gasteiger partial charge in [-0.1, -0.05) is 138 Å². The number of azide groups is 4. The Bertz CT molecular complexity index is 3550. The lowest BCUT2D eigenvalue weighted by molar-refractivity contribution is -0.112. The number of ketones is 4. The number of carbonyl (C=O) groups excluding carboxylic acids is 4. The van der Waals surface area contributed by atoms with Crippen LogP contribution in [0.5, 0.6) is 11.5 Å². The van der Waals surface area contributed by atoms with Crippen molar-refractivity contribution in [3.8, 4) is 11.5 Å². The standard InChI is InChI=1S/C49H44N12O10S2/c1-45(2,3)29-17-25-27(19-33(29)70-72(66,67)43-35-23(13-11-15-31(35)54-58-50)39(62)41(64)37(43)56-60-52)49(21-47(25,7)8)22-48(9,10)26-18-30(46(4,5)6)34(20-28(26)49)71-73(68,69)44-36-24(14-12-16-32(36)55-59-51)40(63)42(65)38(44)57-61-53/h11-20H,21-22H2,1-10H3. The largest absolute Gasteiger partial charge is 0.379 e. The second-order valence-corrected chi connectivity index (χ2v) is 24.4. The Morgan fingerprint density at radius 3 is 1.16 bits per heavy atom. The summed E-state index contributed by atoms with van der Waals surface area (Å²) in [7, 11) is -10.6. The first kappa shape index (κ1) is 51.1. The van der Waals surface area contributed by atoms with E-state index in [1.807, 2.05) is 81.4 Å². The highest BCUT2D eigenvalue weighted by molar-refractivity contribution is 7.97. The summed E-state index contributed by atoms with van der Waals surface area (Å²) in [5, 5.41) is 13.9. The highest BCUT2D eigenvalue weighted by atomic mass is 32.2. The van der Waals surface area contributed by atoms with Gasteiger partial charge in [0, 0.05) is 69.8 Å². The van der Waals surface area contributed by atoms with Gasteiger partial charge in [0.1, 0.15) is 32.7 Å². The number of rotatable bonds is 10. The van der Waals surface area contributed by atoms with Crippen LogP contribution in [0.15, 0.2) is 92.5 Å². The van der Waals surface area contributed by atoms with Gasteiger partial charge in [0.25, 0.3) is 0 Å². The molecule has 4 aromatic carbocycles. The molecule has 0 bridgehead atoms. The molecule has 0 unspecified atom stereocenters. The minimum Gasteiger partial charge on any atom is -0.379 e. The van der Waals surface area contributed by atoms with E-state index in [1.54, 1.807) is 12.1 Å². The lowest BCUT2D eigenvalue weighted by atomic mass is 9.72. The van der Waals surface area contributed by atoms with Crippen molar-refractivity contribution in [3.63, 3.8) is 0 Å². The average Bonchev–Trinajstić information content (AvgIpc) is 3.64. The summed E-state index contributed by atoms with van der Waals surface area (Å²) in [4.78, 5) is 62.5. The summed E-state index contributed by atoms with van der Waals surface area (Å²) in [5.41, 5.74) is 32.6. The molecular formula is C49H44N12O10S2. The van der Waals surface area contributed by atoms with E-state index in [-0.39, 0.29) is 22.9 Å². The maximum atomic E-state index is 15.0. The van der Waals surface area contributed by atoms with Crippen molar-refractivity contribution in [2.45, 2.75) is 109 Å². The van der Waals surface area contributed by atoms with Crippen molar-refractivity contribution < 1.29 is 44.4 Å². The summed E-state index contributed by atoms with van der Waals surface area (Å²) in [5.74, 6) is -5.72. The zero-order valence-corrected chi connectivity index (χ0v) is 42.6. The van der Waals surface area contributed by atoms with E-state index in [0.29, 0.717) is 35.1 Å². The lowest BCUT2D eigenvalue weighted by Crippen LogP contribution is -2.28. The molecule has 0 amide bonds. The van der Waals surface area contributed by atoms with Gasteiger partial charge >= 0.3 is 20.2 Å². The molecule has 0 aliphatic heterocycles. The average molecular weight is 1030 g/mol. The highest BCUT2D eigenvalue weighted by Gasteiger charge is 2.58. The minimum atomic E-state index is -5.30. The molecule has 4 aromatic rings. The number of hydrogen-bond donors (Lipinski definition) is 0. The molecule has 73 heavy (non-hydrogen) atoms. The second-order valence-electron chi connectivity index (χ2n) is 21.4. The third-order valence-corrected chi connectivity index (χ3v) is 16.2. The number of carbonyl (C=O) groups is 4. The van der Waals surface area contributed by atoms with Gasteiger partial charge in [-0.15, -0.1) is 0 Å². The minimum absolute atomic E-state index is 0.205. The summed E-state index contributed by atoms with van der Waals surface area (Å²) in [6.45, 7) is 19.0. The molecule has 0 fully saturated rings. The Balaban J connectivity index is 1.38. The zero-order chi connectivity index (χ0) is 53.8. The fourth-order valence-corrected chi connectivity index (χ4v) is 13.4. The predicted molar refractivity (Wildman–Crippen MR) is 267 cm³/mol. The van der Waals surface area contributed by atoms with Crippen LogP contribution in [0.4, 0.5) is 11.4 Å². The van der Waals surface area contributed by atoms with Crippen LogP contribution in [-0.2, 0) is 56.9 Å². The van der Waals surface area contributed by atoms with E-state index in [4.69, 9.17) is 8.37 Å². The first-order valence-corrected chi connectivity index (χ1v) is 25.2. The first-order valence-electron chi connectivity index (χ1n) is 22.3. The van der Waals surface area contributed by atoms with Crippen molar-refractivity contribution in [1.29, 1.82) is 0 Å². The molecule has 0 heterocycles. The lowest BCUT2D eigenvalue weighted by Gasteiger charge is -2.32. The van der Waals surface area contributed by atoms with Crippen molar-refractivity contribution >= 4 is 64.6 Å². The third kappa shape index (κ3) is 8.06. The van der Waals surface area contributed by atoms with Gasteiger partial charge in [-0.25, -0.2) is 0 Å². The maximum absolute atomic E-state index is 15.0. The van der Waals surface area contributed by atoms with Gasteiger partial charge in [0.2, 0.25) is 23.1 Å². The Hall–Kier alpha value is -8.22. The van der Waals surface area contributed by atoms with E-state index < -0.39 is 114 Å². The van der Waals surface area contributed by atoms with Crippen LogP contribution in [0, 0.1) is 0 Å². The first-order chi connectivity index (χ1) is 33.9. The molecule has 4 aliphatic rings. The number of nitrogens with zero attached hydrogens (tertiary/aromatic N) is 12. The quantitative estimate of drug-likeness (QED) is 0.0475. The number of benzene rings is 4. The fourth-order valence-electron chi connectivity index (χ4n) is 10.8. The van der Waals surface area contributed by atoms with Gasteiger partial charge in [0.15, 0.2) is 0 Å². The van der Waals surface area contributed by atoms with E-state index in [1.165, 1.54) is 24.3 Å². The van der Waals surface area contributed by atoms with E-state index in [9.17, 15) is 58.1 Å². The Kier molecular flexibility index (Phi) is 11.9. The summed E-state index contributed by atoms with van der Waals surface area (Å²) >= 11 is 0. The van der Waals surface area contributed by atoms with Crippen LogP contribution < -0.4 is 8.37 Å². The Morgan fingerprint density at radius 2 is 0.849 bits per heavy atom. The number of Topliss-reactive ketones (excluding diaryl/α,β-unsaturated/α-hetero) is 4. The van der Waals surface area contributed by atoms with Gasteiger partial charge in [0.05, 0.1) is 0 Å². The number of hydrogen-bond acceptors (Lipinski definition) is 14. The molecule has 24 heteroatoms. The van der Waals surface area contributed by atoms with E-state index >= 15 is 0 Å². The molecule has 4 aliphatic carbocycles. The van der Waals surface area contributed by atoms with Gasteiger partial charge in [-0.05, 0) is 91.0 Å². The SMILES string of the molecule is CC(C)(C)c1cc2c(cc1OS(=O)(=O)C1=C(N=[N+]=[N-])C(=O)C(=O)c3cccc(N=[N+]=[N-])c31)C1(CC2(C)C)CC(C)(C)c2cc(C(C)(C)C)c(OS(=O)(=O)C3=C(N=[N+]=[N-])C(=O)C(=O)c4cccc(N=[N+]=[N-])c43)cc21. The summed E-state index contributed by atoms with van der Waals surface area (Å²) in [6.07, 6.45) is 0.758. The molecule has 0 saturated carbocycles. The molecule has 0 atom stereocenters. The Morgan fingerprint density at radius 1 is 0.507 bits per heavy atom. The number of allylic oxidation sites excluding steroid dienone is 2. The van der Waals surface area contributed by atoms with E-state index in [2.05, 4.69) is 40.1 Å². The van der Waals surface area contributed by atoms with Gasteiger partial charge in [-0.2, -0.15) is 16.8 Å². The van der Waals surface area contributed by atoms with Gasteiger partial charge < -0.3 is 8.37 Å². The van der Waals surface area contributed by atoms with Crippen LogP contribution in [0.25, 0.3) is 51.6 Å². The van der Waals surface area contributed by atoms with Crippen LogP contribution >= 0.6 is 0 Å². The predicted octanol–water partition coefficient (Wildman–Crippen LogP) is 12.1. The van der Waals surface area contributed by atoms with Crippen molar-refractivity contribution in [1.82, 2.24) is 0 Å². The molecule has 1 spiro atoms. The molecule has 22 nitrogen and oxygen atoms in total. The van der Waals surface area contributed by atoms with Crippen LogP contribution in [0.3, 0.4) is 0 Å². The van der Waals surface area contributed by atoms with Crippen LogP contribution in [0.1, 0.15) is 147 Å². The molecule has 0 radical (unpaired) electrons. The Labute approximate surface area is 417 Å². The summed E-state index contributed by atoms with van der Waals surface area (Å²) < 4.78 is 72.2. The normalized spacial score (nSPS) is 18.7. The molecule has 0 saturated heterocycles. The molecule has 0 aromatic heterocycles. The number of fused-ring (bicyclic) bond motifs is 6. The smallest absolute Gasteiger partial charge is 0.340 e. The maximum Gasteiger partial charge on any atom is 0.340 e. The monoisotopic (exact) mass is 1020 g/mol. The van der Waals surface area contributed by atoms with Crippen molar-refractivity contribution in [2.75, 3.05) is 0 Å². The molecule has 0 N–H and O–H groups in total. The van der Waals surface area contributed by atoms with Crippen LogP contribution in [0.2, 0.25) is 0 Å². The van der Waals surface area contributed by atoms with Crippen molar-refractivity contribution in [2.24, 2.45) is 20.5 Å². The molecular weight excluding hydrogens is 981 g/mol. The fraction of sp³-hybridized carbons (Fsp3) is 0.347. The zero-order valence-electron chi connectivity index (χ0n) is 41.0. The molecule has 372 valence electrons. The highest BCUT2D eigenvalue weighted by Crippen LogP contribution is 2.65. The van der Waals surface area contributed by atoms with E-state index in [0.717, 1.165) is 23.3 Å². The summed E-state index contributed by atoms with van der Waals surface area (Å²) in [6, 6.07) is 14.2. The van der Waals surface area contributed by atoms with Gasteiger partial charge in [-0.3, -0.25) is 19.2 Å². The van der Waals surface area contributed by atoms with Crippen molar-refractivity contribution in [3.05, 3.63) is 169 Å². The third-order valence-electron chi connectivity index (χ3n) is 13.6. The topological polar surface area (TPSA) is 350 Å². The van der Waals surface area contributed by atoms with Crippen LogP contribution in [-0.4, -0.2) is 40.0 Å².